The van der Waals surface area contributed by atoms with E-state index in [0.717, 1.165) is 23.1 Å². The van der Waals surface area contributed by atoms with E-state index in [1.54, 1.807) is 14.2 Å². The van der Waals surface area contributed by atoms with E-state index in [0.29, 0.717) is 35.9 Å². The fourth-order valence-corrected chi connectivity index (χ4v) is 4.26. The third kappa shape index (κ3) is 3.87. The van der Waals surface area contributed by atoms with Crippen molar-refractivity contribution in [3.05, 3.63) is 53.1 Å². The molecular formula is C24H27N3O4. The highest BCUT2D eigenvalue weighted by molar-refractivity contribution is 6.40. The number of benzene rings is 2. The van der Waals surface area contributed by atoms with Crippen molar-refractivity contribution in [3.8, 4) is 11.5 Å². The molecule has 31 heavy (non-hydrogen) atoms. The summed E-state index contributed by atoms with van der Waals surface area (Å²) in [5.74, 6) is 1.11. The summed E-state index contributed by atoms with van der Waals surface area (Å²) in [5, 5.41) is 5.83. The van der Waals surface area contributed by atoms with Gasteiger partial charge in [-0.15, -0.1) is 0 Å². The number of aryl methyl sites for hydroxylation is 1. The third-order valence-corrected chi connectivity index (χ3v) is 5.97. The maximum Gasteiger partial charge on any atom is 0.270 e. The van der Waals surface area contributed by atoms with Gasteiger partial charge in [0, 0.05) is 19.4 Å². The standard InChI is InChI=1S/C24H27N3O4/c1-15-6-5-7-18(12-15)27-23(28)9-8-20(25-27)24(29)26-11-10-17-13-21(30-3)22(31-4)14-19(17)16(26)2/h5-7,12-14,16H,8-11H2,1-4H3/t16-/m1/s1. The molecule has 0 N–H and O–H groups in total. The van der Waals surface area contributed by atoms with Crippen LogP contribution in [0.15, 0.2) is 41.5 Å². The normalized spacial score (nSPS) is 18.4. The van der Waals surface area contributed by atoms with Gasteiger partial charge in [0.15, 0.2) is 11.5 Å². The van der Waals surface area contributed by atoms with Crippen LogP contribution in [-0.2, 0) is 16.0 Å². The molecule has 2 amide bonds. The molecule has 7 heteroatoms. The number of fused-ring (bicyclic) bond motifs is 1. The smallest absolute Gasteiger partial charge is 0.270 e. The number of hydrazone groups is 1. The Bertz CT molecular complexity index is 1060. The van der Waals surface area contributed by atoms with Crippen LogP contribution in [-0.4, -0.2) is 43.2 Å². The van der Waals surface area contributed by atoms with E-state index in [9.17, 15) is 9.59 Å². The van der Waals surface area contributed by atoms with E-state index >= 15 is 0 Å². The molecule has 2 aliphatic heterocycles. The zero-order chi connectivity index (χ0) is 22.1. The van der Waals surface area contributed by atoms with Crippen LogP contribution in [0.25, 0.3) is 0 Å². The molecule has 162 valence electrons. The average molecular weight is 421 g/mol. The van der Waals surface area contributed by atoms with E-state index in [1.165, 1.54) is 5.01 Å². The average Bonchev–Trinajstić information content (AvgIpc) is 2.78. The topological polar surface area (TPSA) is 71.4 Å². The van der Waals surface area contributed by atoms with Crippen LogP contribution in [0.5, 0.6) is 11.5 Å². The number of methoxy groups -OCH3 is 2. The lowest BCUT2D eigenvalue weighted by atomic mass is 9.92. The quantitative estimate of drug-likeness (QED) is 0.756. The van der Waals surface area contributed by atoms with Crippen molar-refractivity contribution in [2.45, 2.75) is 39.2 Å². The summed E-state index contributed by atoms with van der Waals surface area (Å²) in [5.41, 5.74) is 4.32. The zero-order valence-corrected chi connectivity index (χ0v) is 18.3. The number of hydrogen-bond donors (Lipinski definition) is 0. The van der Waals surface area contributed by atoms with Crippen molar-refractivity contribution in [3.63, 3.8) is 0 Å². The first-order chi connectivity index (χ1) is 14.9. The van der Waals surface area contributed by atoms with Crippen molar-refractivity contribution < 1.29 is 19.1 Å². The molecule has 0 unspecified atom stereocenters. The molecule has 0 aromatic heterocycles. The molecule has 0 bridgehead atoms. The van der Waals surface area contributed by atoms with Gasteiger partial charge in [-0.1, -0.05) is 12.1 Å². The molecule has 0 saturated carbocycles. The van der Waals surface area contributed by atoms with Gasteiger partial charge in [0.2, 0.25) is 5.91 Å². The monoisotopic (exact) mass is 421 g/mol. The lowest BCUT2D eigenvalue weighted by Gasteiger charge is -2.36. The summed E-state index contributed by atoms with van der Waals surface area (Å²) in [6.45, 7) is 4.55. The van der Waals surface area contributed by atoms with Crippen LogP contribution in [0.1, 0.15) is 42.5 Å². The highest BCUT2D eigenvalue weighted by atomic mass is 16.5. The number of anilines is 1. The minimum absolute atomic E-state index is 0.101. The number of hydrogen-bond acceptors (Lipinski definition) is 5. The Hall–Kier alpha value is -3.35. The van der Waals surface area contributed by atoms with Crippen LogP contribution in [0.4, 0.5) is 5.69 Å². The maximum atomic E-state index is 13.4. The first kappa shape index (κ1) is 20.9. The number of amides is 2. The van der Waals surface area contributed by atoms with Crippen LogP contribution in [0, 0.1) is 6.92 Å². The molecule has 2 aromatic rings. The SMILES string of the molecule is COc1cc2c(cc1OC)[C@@H](C)N(C(=O)C1=NN(c3cccc(C)c3)C(=O)CC1)CC2. The summed E-state index contributed by atoms with van der Waals surface area (Å²) in [6, 6.07) is 11.4. The van der Waals surface area contributed by atoms with Crippen LogP contribution in [0.3, 0.4) is 0 Å². The van der Waals surface area contributed by atoms with Crippen LogP contribution >= 0.6 is 0 Å². The van der Waals surface area contributed by atoms with Gasteiger partial charge in [-0.2, -0.15) is 5.10 Å². The Morgan fingerprint density at radius 3 is 2.52 bits per heavy atom. The molecule has 2 aliphatic rings. The lowest BCUT2D eigenvalue weighted by molar-refractivity contribution is -0.126. The summed E-state index contributed by atoms with van der Waals surface area (Å²) in [6.07, 6.45) is 1.34. The fourth-order valence-electron chi connectivity index (χ4n) is 4.26. The highest BCUT2D eigenvalue weighted by Crippen LogP contribution is 2.38. The van der Waals surface area contributed by atoms with E-state index in [-0.39, 0.29) is 24.3 Å². The van der Waals surface area contributed by atoms with Gasteiger partial charge in [0.05, 0.1) is 25.9 Å². The van der Waals surface area contributed by atoms with Gasteiger partial charge in [0.25, 0.3) is 5.91 Å². The Labute approximate surface area is 182 Å². The fraction of sp³-hybridized carbons (Fsp3) is 0.375. The van der Waals surface area contributed by atoms with Crippen LogP contribution in [0.2, 0.25) is 0 Å². The molecular weight excluding hydrogens is 394 g/mol. The summed E-state index contributed by atoms with van der Waals surface area (Å²) in [4.78, 5) is 27.7. The minimum atomic E-state index is -0.135. The largest absolute Gasteiger partial charge is 0.493 e. The number of carbonyl (C=O) groups is 2. The summed E-state index contributed by atoms with van der Waals surface area (Å²) >= 11 is 0. The predicted octanol–water partition coefficient (Wildman–Crippen LogP) is 3.64. The van der Waals surface area contributed by atoms with Crippen molar-refractivity contribution >= 4 is 23.2 Å². The van der Waals surface area contributed by atoms with Crippen LogP contribution < -0.4 is 14.5 Å². The minimum Gasteiger partial charge on any atom is -0.493 e. The molecule has 4 rings (SSSR count). The van der Waals surface area contributed by atoms with Gasteiger partial charge >= 0.3 is 0 Å². The molecule has 2 aromatic carbocycles. The maximum absolute atomic E-state index is 13.4. The van der Waals surface area contributed by atoms with Gasteiger partial charge in [0.1, 0.15) is 5.71 Å². The molecule has 0 aliphatic carbocycles. The van der Waals surface area contributed by atoms with E-state index in [1.807, 2.05) is 55.1 Å². The second kappa shape index (κ2) is 8.41. The van der Waals surface area contributed by atoms with E-state index in [4.69, 9.17) is 9.47 Å². The van der Waals surface area contributed by atoms with E-state index in [2.05, 4.69) is 5.10 Å². The second-order valence-corrected chi connectivity index (χ2v) is 7.92. The number of ether oxygens (including phenoxy) is 2. The first-order valence-electron chi connectivity index (χ1n) is 10.5. The summed E-state index contributed by atoms with van der Waals surface area (Å²) in [7, 11) is 3.23. The number of rotatable bonds is 4. The molecule has 1 atom stereocenters. The summed E-state index contributed by atoms with van der Waals surface area (Å²) < 4.78 is 10.9. The number of nitrogens with zero attached hydrogens (tertiary/aromatic N) is 3. The molecule has 7 nitrogen and oxygen atoms in total. The van der Waals surface area contributed by atoms with Crippen molar-refractivity contribution in [1.29, 1.82) is 0 Å². The molecule has 0 spiro atoms. The zero-order valence-electron chi connectivity index (χ0n) is 18.3. The third-order valence-electron chi connectivity index (χ3n) is 5.97. The van der Waals surface area contributed by atoms with Crippen molar-refractivity contribution in [2.75, 3.05) is 25.8 Å². The lowest BCUT2D eigenvalue weighted by Crippen LogP contribution is -2.45. The molecule has 0 radical (unpaired) electrons. The molecule has 2 heterocycles. The van der Waals surface area contributed by atoms with E-state index < -0.39 is 0 Å². The highest BCUT2D eigenvalue weighted by Gasteiger charge is 2.34. The van der Waals surface area contributed by atoms with Gasteiger partial charge in [-0.05, 0) is 61.2 Å². The Morgan fingerprint density at radius 1 is 1.06 bits per heavy atom. The van der Waals surface area contributed by atoms with Gasteiger partial charge in [-0.25, -0.2) is 5.01 Å². The molecule has 0 fully saturated rings. The molecule has 0 saturated heterocycles. The second-order valence-electron chi connectivity index (χ2n) is 7.92. The predicted molar refractivity (Wildman–Crippen MR) is 119 cm³/mol. The first-order valence-corrected chi connectivity index (χ1v) is 10.5. The Kier molecular flexibility index (Phi) is 5.67. The van der Waals surface area contributed by atoms with Gasteiger partial charge < -0.3 is 14.4 Å². The van der Waals surface area contributed by atoms with Crippen molar-refractivity contribution in [1.82, 2.24) is 4.90 Å². The number of carbonyl (C=O) groups excluding carboxylic acids is 2. The van der Waals surface area contributed by atoms with Gasteiger partial charge in [-0.3, -0.25) is 9.59 Å². The Balaban J connectivity index is 1.62. The van der Waals surface area contributed by atoms with Crippen molar-refractivity contribution in [2.24, 2.45) is 5.10 Å². The Morgan fingerprint density at radius 2 is 1.81 bits per heavy atom.